The lowest BCUT2D eigenvalue weighted by Gasteiger charge is -2.09. The maximum Gasteiger partial charge on any atom is 0.255 e. The fourth-order valence-electron chi connectivity index (χ4n) is 3.05. The van der Waals surface area contributed by atoms with Crippen LogP contribution >= 0.6 is 0 Å². The number of nitrogens with zero attached hydrogens (tertiary/aromatic N) is 2. The van der Waals surface area contributed by atoms with E-state index in [1.807, 2.05) is 43.3 Å². The van der Waals surface area contributed by atoms with Crippen LogP contribution in [0.4, 0.5) is 5.69 Å². The third-order valence-corrected chi connectivity index (χ3v) is 4.55. The molecule has 4 aromatic rings. The van der Waals surface area contributed by atoms with E-state index in [-0.39, 0.29) is 5.91 Å². The van der Waals surface area contributed by atoms with Crippen molar-refractivity contribution in [2.24, 2.45) is 0 Å². The molecule has 0 saturated heterocycles. The second-order valence-electron chi connectivity index (χ2n) is 6.90. The number of hydrogen-bond donors (Lipinski definition) is 1. The van der Waals surface area contributed by atoms with Gasteiger partial charge in [0.05, 0.1) is 7.11 Å². The van der Waals surface area contributed by atoms with E-state index in [0.717, 1.165) is 11.1 Å². The molecule has 0 spiro atoms. The highest BCUT2D eigenvalue weighted by Gasteiger charge is 2.10. The molecule has 1 N–H and O–H groups in total. The van der Waals surface area contributed by atoms with Crippen LogP contribution in [0.25, 0.3) is 11.4 Å². The maximum atomic E-state index is 12.7. The summed E-state index contributed by atoms with van der Waals surface area (Å²) in [6, 6.07) is 23.8. The van der Waals surface area contributed by atoms with Gasteiger partial charge >= 0.3 is 0 Å². The zero-order valence-electron chi connectivity index (χ0n) is 17.2. The standard InChI is InChI=1S/C25H21N3O3/c1-17-6-3-7-18(14-17)24-26-13-12-23(28-24)31-22-11-4-8-19(15-22)25(29)27-20-9-5-10-21(16-20)30-2/h3-16H,1-2H3,(H,27,29). The Hall–Kier alpha value is -4.19. The van der Waals surface area contributed by atoms with Crippen molar-refractivity contribution in [3.8, 4) is 28.8 Å². The molecule has 4 rings (SSSR count). The monoisotopic (exact) mass is 411 g/mol. The first kappa shape index (κ1) is 20.1. The number of hydrogen-bond acceptors (Lipinski definition) is 5. The number of carbonyl (C=O) groups excluding carboxylic acids is 1. The molecule has 154 valence electrons. The van der Waals surface area contributed by atoms with E-state index < -0.39 is 0 Å². The number of methoxy groups -OCH3 is 1. The number of nitrogens with one attached hydrogen (secondary N) is 1. The van der Waals surface area contributed by atoms with Gasteiger partial charge < -0.3 is 14.8 Å². The Balaban J connectivity index is 1.51. The van der Waals surface area contributed by atoms with Gasteiger partial charge in [0.1, 0.15) is 11.5 Å². The van der Waals surface area contributed by atoms with Crippen molar-refractivity contribution in [3.05, 3.63) is 96.2 Å². The highest BCUT2D eigenvalue weighted by molar-refractivity contribution is 6.04. The number of ether oxygens (including phenoxy) is 2. The van der Waals surface area contributed by atoms with Gasteiger partial charge in [-0.15, -0.1) is 0 Å². The van der Waals surface area contributed by atoms with Crippen molar-refractivity contribution in [1.82, 2.24) is 9.97 Å². The van der Waals surface area contributed by atoms with E-state index >= 15 is 0 Å². The van der Waals surface area contributed by atoms with Gasteiger partial charge in [-0.05, 0) is 43.3 Å². The molecule has 0 atom stereocenters. The third-order valence-electron chi connectivity index (χ3n) is 4.55. The zero-order chi connectivity index (χ0) is 21.6. The van der Waals surface area contributed by atoms with E-state index in [1.165, 1.54) is 0 Å². The summed E-state index contributed by atoms with van der Waals surface area (Å²) in [7, 11) is 1.58. The van der Waals surface area contributed by atoms with Crippen molar-refractivity contribution in [2.45, 2.75) is 6.92 Å². The molecule has 6 nitrogen and oxygen atoms in total. The van der Waals surface area contributed by atoms with Gasteiger partial charge in [0.2, 0.25) is 5.88 Å². The fourth-order valence-corrected chi connectivity index (χ4v) is 3.05. The van der Waals surface area contributed by atoms with Crippen molar-refractivity contribution in [3.63, 3.8) is 0 Å². The first-order valence-corrected chi connectivity index (χ1v) is 9.74. The molecule has 0 unspecified atom stereocenters. The molecule has 0 aliphatic carbocycles. The maximum absolute atomic E-state index is 12.7. The van der Waals surface area contributed by atoms with E-state index in [4.69, 9.17) is 9.47 Å². The van der Waals surface area contributed by atoms with Gasteiger partial charge in [0, 0.05) is 35.1 Å². The number of amides is 1. The second kappa shape index (κ2) is 9.09. The third kappa shape index (κ3) is 5.05. The number of aromatic nitrogens is 2. The molecule has 6 heteroatoms. The van der Waals surface area contributed by atoms with Crippen LogP contribution in [-0.4, -0.2) is 23.0 Å². The molecule has 0 radical (unpaired) electrons. The van der Waals surface area contributed by atoms with Gasteiger partial charge in [-0.1, -0.05) is 35.9 Å². The minimum absolute atomic E-state index is 0.248. The van der Waals surface area contributed by atoms with Crippen LogP contribution in [0.3, 0.4) is 0 Å². The molecule has 0 aliphatic rings. The molecule has 0 bridgehead atoms. The topological polar surface area (TPSA) is 73.3 Å². The fraction of sp³-hybridized carbons (Fsp3) is 0.0800. The summed E-state index contributed by atoms with van der Waals surface area (Å²) >= 11 is 0. The molecule has 1 amide bonds. The quantitative estimate of drug-likeness (QED) is 0.453. The van der Waals surface area contributed by atoms with Crippen molar-refractivity contribution >= 4 is 11.6 Å². The van der Waals surface area contributed by atoms with Crippen molar-refractivity contribution < 1.29 is 14.3 Å². The summed E-state index contributed by atoms with van der Waals surface area (Å²) in [6.07, 6.45) is 1.65. The Kier molecular flexibility index (Phi) is 5.89. The minimum Gasteiger partial charge on any atom is -0.497 e. The van der Waals surface area contributed by atoms with E-state index in [2.05, 4.69) is 15.3 Å². The Labute approximate surface area is 180 Å². The van der Waals surface area contributed by atoms with Crippen molar-refractivity contribution in [1.29, 1.82) is 0 Å². The number of rotatable bonds is 6. The Morgan fingerprint density at radius 1 is 0.903 bits per heavy atom. The average molecular weight is 411 g/mol. The van der Waals surface area contributed by atoms with Gasteiger partial charge in [0.25, 0.3) is 5.91 Å². The Morgan fingerprint density at radius 2 is 1.71 bits per heavy atom. The van der Waals surface area contributed by atoms with E-state index in [1.54, 1.807) is 55.8 Å². The Morgan fingerprint density at radius 3 is 2.55 bits per heavy atom. The first-order valence-electron chi connectivity index (χ1n) is 9.74. The van der Waals surface area contributed by atoms with E-state index in [9.17, 15) is 4.79 Å². The predicted octanol–water partition coefficient (Wildman–Crippen LogP) is 5.51. The normalized spacial score (nSPS) is 10.4. The highest BCUT2D eigenvalue weighted by atomic mass is 16.5. The minimum atomic E-state index is -0.248. The summed E-state index contributed by atoms with van der Waals surface area (Å²) in [5.74, 6) is 1.90. The first-order chi connectivity index (χ1) is 15.1. The van der Waals surface area contributed by atoms with Crippen LogP contribution in [0, 0.1) is 6.92 Å². The lowest BCUT2D eigenvalue weighted by atomic mass is 10.1. The molecular weight excluding hydrogens is 390 g/mol. The molecule has 31 heavy (non-hydrogen) atoms. The zero-order valence-corrected chi connectivity index (χ0v) is 17.2. The van der Waals surface area contributed by atoms with Crippen molar-refractivity contribution in [2.75, 3.05) is 12.4 Å². The summed E-state index contributed by atoms with van der Waals surface area (Å²) in [4.78, 5) is 21.5. The smallest absolute Gasteiger partial charge is 0.255 e. The molecule has 3 aromatic carbocycles. The second-order valence-corrected chi connectivity index (χ2v) is 6.90. The molecule has 1 heterocycles. The van der Waals surface area contributed by atoms with Crippen LogP contribution < -0.4 is 14.8 Å². The van der Waals surface area contributed by atoms with Gasteiger partial charge in [-0.2, -0.15) is 4.98 Å². The molecular formula is C25H21N3O3. The van der Waals surface area contributed by atoms with Crippen LogP contribution in [-0.2, 0) is 0 Å². The summed E-state index contributed by atoms with van der Waals surface area (Å²) < 4.78 is 11.1. The molecule has 0 aliphatic heterocycles. The number of benzene rings is 3. The van der Waals surface area contributed by atoms with Gasteiger partial charge in [-0.3, -0.25) is 4.79 Å². The number of carbonyl (C=O) groups is 1. The summed E-state index contributed by atoms with van der Waals surface area (Å²) in [5.41, 5.74) is 3.15. The van der Waals surface area contributed by atoms with Crippen LogP contribution in [0.5, 0.6) is 17.4 Å². The van der Waals surface area contributed by atoms with Crippen LogP contribution in [0.2, 0.25) is 0 Å². The highest BCUT2D eigenvalue weighted by Crippen LogP contribution is 2.24. The van der Waals surface area contributed by atoms with Gasteiger partial charge in [-0.25, -0.2) is 4.98 Å². The van der Waals surface area contributed by atoms with Crippen LogP contribution in [0.15, 0.2) is 85.1 Å². The average Bonchev–Trinajstić information content (AvgIpc) is 2.79. The lowest BCUT2D eigenvalue weighted by Crippen LogP contribution is -2.11. The summed E-state index contributed by atoms with van der Waals surface area (Å²) in [6.45, 7) is 2.02. The SMILES string of the molecule is COc1cccc(NC(=O)c2cccc(Oc3ccnc(-c4cccc(C)c4)n3)c2)c1. The largest absolute Gasteiger partial charge is 0.497 e. The summed E-state index contributed by atoms with van der Waals surface area (Å²) in [5, 5.41) is 2.86. The van der Waals surface area contributed by atoms with E-state index in [0.29, 0.717) is 34.5 Å². The molecule has 0 saturated carbocycles. The Bertz CT molecular complexity index is 1220. The molecule has 1 aromatic heterocycles. The van der Waals surface area contributed by atoms with Crippen LogP contribution in [0.1, 0.15) is 15.9 Å². The van der Waals surface area contributed by atoms with Gasteiger partial charge in [0.15, 0.2) is 5.82 Å². The molecule has 0 fully saturated rings. The lowest BCUT2D eigenvalue weighted by molar-refractivity contribution is 0.102. The number of aryl methyl sites for hydroxylation is 1. The number of anilines is 1. The predicted molar refractivity (Wildman–Crippen MR) is 120 cm³/mol.